The van der Waals surface area contributed by atoms with Crippen molar-refractivity contribution in [3.8, 4) is 0 Å². The molecule has 2 heterocycles. The van der Waals surface area contributed by atoms with E-state index in [1.807, 2.05) is 26.2 Å². The summed E-state index contributed by atoms with van der Waals surface area (Å²) in [5.74, 6) is 0.687. The molecule has 3 amide bonds. The maximum atomic E-state index is 12.2. The third kappa shape index (κ3) is 3.17. The van der Waals surface area contributed by atoms with E-state index in [9.17, 15) is 9.59 Å². The number of carbonyl (C=O) groups excluding carboxylic acids is 2. The SMILES string of the molecule is CC(NC(=O)N1CC(=O)N(CC2CC2)C1)c1ccn(C)n1. The maximum Gasteiger partial charge on any atom is 0.319 e. The average molecular weight is 291 g/mol. The highest BCUT2D eigenvalue weighted by atomic mass is 16.2. The van der Waals surface area contributed by atoms with Gasteiger partial charge in [0.2, 0.25) is 5.91 Å². The van der Waals surface area contributed by atoms with Crippen LogP contribution < -0.4 is 5.32 Å². The molecule has 1 aromatic rings. The molecule has 1 aliphatic carbocycles. The average Bonchev–Trinajstić information content (AvgIpc) is 3.02. The molecule has 0 bridgehead atoms. The van der Waals surface area contributed by atoms with Crippen LogP contribution in [0.1, 0.15) is 31.5 Å². The van der Waals surface area contributed by atoms with Crippen molar-refractivity contribution in [1.29, 1.82) is 0 Å². The highest BCUT2D eigenvalue weighted by Crippen LogP contribution is 2.30. The van der Waals surface area contributed by atoms with Crippen molar-refractivity contribution in [2.75, 3.05) is 19.8 Å². The van der Waals surface area contributed by atoms with Crippen LogP contribution in [0.2, 0.25) is 0 Å². The van der Waals surface area contributed by atoms with Gasteiger partial charge in [0.1, 0.15) is 6.54 Å². The van der Waals surface area contributed by atoms with Crippen molar-refractivity contribution in [1.82, 2.24) is 24.9 Å². The molecule has 1 unspecified atom stereocenters. The van der Waals surface area contributed by atoms with Gasteiger partial charge in [0.25, 0.3) is 0 Å². The van der Waals surface area contributed by atoms with Gasteiger partial charge in [-0.1, -0.05) is 0 Å². The van der Waals surface area contributed by atoms with Gasteiger partial charge in [0, 0.05) is 19.8 Å². The van der Waals surface area contributed by atoms with Gasteiger partial charge in [-0.3, -0.25) is 14.4 Å². The second-order valence-electron chi connectivity index (χ2n) is 5.98. The maximum absolute atomic E-state index is 12.2. The van der Waals surface area contributed by atoms with Gasteiger partial charge in [-0.2, -0.15) is 5.10 Å². The second-order valence-corrected chi connectivity index (χ2v) is 5.98. The normalized spacial score (nSPS) is 20.0. The van der Waals surface area contributed by atoms with E-state index < -0.39 is 0 Å². The molecule has 0 radical (unpaired) electrons. The Kier molecular flexibility index (Phi) is 3.57. The molecule has 1 N–H and O–H groups in total. The smallest absolute Gasteiger partial charge is 0.319 e. The molecule has 2 fully saturated rings. The molecular formula is C14H21N5O2. The van der Waals surface area contributed by atoms with Crippen LogP contribution >= 0.6 is 0 Å². The second kappa shape index (κ2) is 5.38. The van der Waals surface area contributed by atoms with E-state index in [2.05, 4.69) is 10.4 Å². The molecule has 7 nitrogen and oxygen atoms in total. The minimum Gasteiger partial charge on any atom is -0.330 e. The van der Waals surface area contributed by atoms with Crippen molar-refractivity contribution >= 4 is 11.9 Å². The Morgan fingerprint density at radius 1 is 1.52 bits per heavy atom. The summed E-state index contributed by atoms with van der Waals surface area (Å²) < 4.78 is 1.70. The predicted octanol–water partition coefficient (Wildman–Crippen LogP) is 0.702. The molecule has 0 spiro atoms. The molecule has 0 aromatic carbocycles. The number of rotatable bonds is 4. The monoisotopic (exact) mass is 291 g/mol. The lowest BCUT2D eigenvalue weighted by molar-refractivity contribution is -0.126. The van der Waals surface area contributed by atoms with Gasteiger partial charge in [-0.05, 0) is 31.7 Å². The van der Waals surface area contributed by atoms with Crippen molar-refractivity contribution in [2.45, 2.75) is 25.8 Å². The first-order chi connectivity index (χ1) is 10.0. The van der Waals surface area contributed by atoms with Crippen LogP contribution in [0.25, 0.3) is 0 Å². The third-order valence-electron chi connectivity index (χ3n) is 4.00. The lowest BCUT2D eigenvalue weighted by atomic mass is 10.2. The molecule has 1 saturated heterocycles. The minimum absolute atomic E-state index is 0.0440. The van der Waals surface area contributed by atoms with Gasteiger partial charge in [0.15, 0.2) is 0 Å². The number of nitrogens with one attached hydrogen (secondary N) is 1. The molecule has 2 aliphatic rings. The zero-order chi connectivity index (χ0) is 15.0. The van der Waals surface area contributed by atoms with E-state index in [1.165, 1.54) is 12.8 Å². The third-order valence-corrected chi connectivity index (χ3v) is 4.00. The summed E-state index contributed by atoms with van der Waals surface area (Å²) >= 11 is 0. The lowest BCUT2D eigenvalue weighted by Crippen LogP contribution is -2.40. The van der Waals surface area contributed by atoms with Crippen molar-refractivity contribution < 1.29 is 9.59 Å². The van der Waals surface area contributed by atoms with E-state index in [1.54, 1.807) is 14.5 Å². The van der Waals surface area contributed by atoms with Crippen LogP contribution in [0.15, 0.2) is 12.3 Å². The van der Waals surface area contributed by atoms with Crippen molar-refractivity contribution in [2.24, 2.45) is 13.0 Å². The van der Waals surface area contributed by atoms with Gasteiger partial charge < -0.3 is 10.2 Å². The van der Waals surface area contributed by atoms with Gasteiger partial charge in [-0.15, -0.1) is 0 Å². The minimum atomic E-state index is -0.209. The first-order valence-electron chi connectivity index (χ1n) is 7.35. The summed E-state index contributed by atoms with van der Waals surface area (Å²) in [5, 5.41) is 7.17. The fourth-order valence-corrected chi connectivity index (χ4v) is 2.52. The molecular weight excluding hydrogens is 270 g/mol. The molecule has 7 heteroatoms. The lowest BCUT2D eigenvalue weighted by Gasteiger charge is -2.20. The largest absolute Gasteiger partial charge is 0.330 e. The molecule has 1 aliphatic heterocycles. The number of hydrogen-bond acceptors (Lipinski definition) is 3. The summed E-state index contributed by atoms with van der Waals surface area (Å²) in [6, 6.07) is 1.49. The topological polar surface area (TPSA) is 70.5 Å². The van der Waals surface area contributed by atoms with E-state index in [0.29, 0.717) is 12.6 Å². The standard InChI is InChI=1S/C14H21N5O2/c1-10(12-5-6-17(2)16-12)15-14(21)19-8-13(20)18(9-19)7-11-3-4-11/h5-6,10-11H,3-4,7-9H2,1-2H3,(H,15,21). The van der Waals surface area contributed by atoms with Crippen LogP contribution in [0, 0.1) is 5.92 Å². The van der Waals surface area contributed by atoms with Crippen LogP contribution in [0.5, 0.6) is 0 Å². The summed E-state index contributed by atoms with van der Waals surface area (Å²) in [5.41, 5.74) is 0.811. The molecule has 1 saturated carbocycles. The van der Waals surface area contributed by atoms with E-state index in [4.69, 9.17) is 0 Å². The van der Waals surface area contributed by atoms with Crippen LogP contribution in [-0.4, -0.2) is 51.3 Å². The van der Waals surface area contributed by atoms with Gasteiger partial charge in [0.05, 0.1) is 18.4 Å². The summed E-state index contributed by atoms with van der Waals surface area (Å²) in [7, 11) is 1.84. The summed E-state index contributed by atoms with van der Waals surface area (Å²) in [6.45, 7) is 3.25. The number of aryl methyl sites for hydroxylation is 1. The first-order valence-corrected chi connectivity index (χ1v) is 7.35. The molecule has 1 aromatic heterocycles. The fraction of sp³-hybridized carbons (Fsp3) is 0.643. The molecule has 114 valence electrons. The number of amides is 3. The zero-order valence-corrected chi connectivity index (χ0v) is 12.5. The zero-order valence-electron chi connectivity index (χ0n) is 12.5. The summed E-state index contributed by atoms with van der Waals surface area (Å²) in [6.07, 6.45) is 4.24. The van der Waals surface area contributed by atoms with Crippen LogP contribution in [0.4, 0.5) is 4.79 Å². The van der Waals surface area contributed by atoms with Crippen LogP contribution in [0.3, 0.4) is 0 Å². The number of aromatic nitrogens is 2. The molecule has 21 heavy (non-hydrogen) atoms. The first kappa shape index (κ1) is 13.9. The fourth-order valence-electron chi connectivity index (χ4n) is 2.52. The molecule has 1 atom stereocenters. The number of carbonyl (C=O) groups is 2. The highest BCUT2D eigenvalue weighted by Gasteiger charge is 2.35. The number of nitrogens with zero attached hydrogens (tertiary/aromatic N) is 4. The van der Waals surface area contributed by atoms with Gasteiger partial charge >= 0.3 is 6.03 Å². The van der Waals surface area contributed by atoms with Crippen molar-refractivity contribution in [3.63, 3.8) is 0 Å². The Bertz CT molecular complexity index is 551. The molecule has 3 rings (SSSR count). The number of hydrogen-bond donors (Lipinski definition) is 1. The summed E-state index contributed by atoms with van der Waals surface area (Å²) in [4.78, 5) is 27.5. The Morgan fingerprint density at radius 2 is 2.29 bits per heavy atom. The van der Waals surface area contributed by atoms with Crippen LogP contribution in [-0.2, 0) is 11.8 Å². The van der Waals surface area contributed by atoms with E-state index in [-0.39, 0.29) is 24.5 Å². The number of urea groups is 1. The van der Waals surface area contributed by atoms with Crippen molar-refractivity contribution in [3.05, 3.63) is 18.0 Å². The highest BCUT2D eigenvalue weighted by molar-refractivity contribution is 5.87. The van der Waals surface area contributed by atoms with E-state index in [0.717, 1.165) is 12.2 Å². The van der Waals surface area contributed by atoms with Gasteiger partial charge in [-0.25, -0.2) is 4.79 Å². The Hall–Kier alpha value is -2.05. The predicted molar refractivity (Wildman–Crippen MR) is 76.2 cm³/mol. The quantitative estimate of drug-likeness (QED) is 0.888. The Morgan fingerprint density at radius 3 is 2.90 bits per heavy atom. The van der Waals surface area contributed by atoms with E-state index >= 15 is 0 Å². The Labute approximate surface area is 123 Å². The Balaban J connectivity index is 1.54.